The van der Waals surface area contributed by atoms with Crippen molar-refractivity contribution in [1.82, 2.24) is 5.32 Å². The Kier molecular flexibility index (Phi) is 4.70. The van der Waals surface area contributed by atoms with Gasteiger partial charge >= 0.3 is 0 Å². The minimum Gasteiger partial charge on any atom is -0.349 e. The monoisotopic (exact) mass is 234 g/mol. The summed E-state index contributed by atoms with van der Waals surface area (Å²) in [5.41, 5.74) is 8.03. The molecule has 0 saturated heterocycles. The number of nitrogens with one attached hydrogen (secondary N) is 1. The van der Waals surface area contributed by atoms with Gasteiger partial charge in [-0.15, -0.1) is 0 Å². The lowest BCUT2D eigenvalue weighted by Crippen LogP contribution is -2.39. The van der Waals surface area contributed by atoms with Crippen LogP contribution in [0.15, 0.2) is 24.3 Å². The lowest BCUT2D eigenvalue weighted by atomic mass is 10.0. The highest BCUT2D eigenvalue weighted by atomic mass is 16.1. The van der Waals surface area contributed by atoms with Crippen molar-refractivity contribution in [1.29, 1.82) is 0 Å². The van der Waals surface area contributed by atoms with Gasteiger partial charge in [0, 0.05) is 12.0 Å². The summed E-state index contributed by atoms with van der Waals surface area (Å²) >= 11 is 0. The third-order valence-electron chi connectivity index (χ3n) is 3.10. The van der Waals surface area contributed by atoms with Crippen molar-refractivity contribution in [3.63, 3.8) is 0 Å². The summed E-state index contributed by atoms with van der Waals surface area (Å²) in [6.45, 7) is 7.73. The number of benzene rings is 1. The van der Waals surface area contributed by atoms with Gasteiger partial charge in [0.05, 0.1) is 6.04 Å². The van der Waals surface area contributed by atoms with E-state index >= 15 is 0 Å². The van der Waals surface area contributed by atoms with Crippen LogP contribution in [-0.2, 0) is 4.79 Å². The topological polar surface area (TPSA) is 55.1 Å². The summed E-state index contributed by atoms with van der Waals surface area (Å²) < 4.78 is 0. The van der Waals surface area contributed by atoms with E-state index < -0.39 is 0 Å². The number of nitrogens with two attached hydrogens (primary N) is 1. The Morgan fingerprint density at radius 1 is 1.29 bits per heavy atom. The number of rotatable bonds is 4. The van der Waals surface area contributed by atoms with Crippen molar-refractivity contribution in [2.45, 2.75) is 39.8 Å². The highest BCUT2D eigenvalue weighted by Gasteiger charge is 2.19. The van der Waals surface area contributed by atoms with Crippen LogP contribution in [0.1, 0.15) is 37.9 Å². The van der Waals surface area contributed by atoms with Crippen LogP contribution in [0.5, 0.6) is 0 Å². The molecule has 0 aliphatic carbocycles. The SMILES string of the molecule is Cc1cccc([C@@H](C)NC(=O)C(C)C(C)N)c1. The highest BCUT2D eigenvalue weighted by molar-refractivity contribution is 5.79. The molecule has 0 heterocycles. The molecule has 3 atom stereocenters. The molecule has 0 bridgehead atoms. The molecule has 1 rings (SSSR count). The molecule has 0 spiro atoms. The molecule has 17 heavy (non-hydrogen) atoms. The molecule has 3 nitrogen and oxygen atoms in total. The Morgan fingerprint density at radius 2 is 1.94 bits per heavy atom. The molecule has 0 aliphatic heterocycles. The van der Waals surface area contributed by atoms with Crippen LogP contribution in [-0.4, -0.2) is 11.9 Å². The first-order valence-corrected chi connectivity index (χ1v) is 6.04. The van der Waals surface area contributed by atoms with E-state index in [0.717, 1.165) is 5.56 Å². The third kappa shape index (κ3) is 3.86. The van der Waals surface area contributed by atoms with Gasteiger partial charge in [0.2, 0.25) is 5.91 Å². The number of hydrogen-bond donors (Lipinski definition) is 2. The van der Waals surface area contributed by atoms with Crippen LogP contribution in [0.4, 0.5) is 0 Å². The smallest absolute Gasteiger partial charge is 0.224 e. The maximum absolute atomic E-state index is 11.9. The van der Waals surface area contributed by atoms with Gasteiger partial charge in [0.25, 0.3) is 0 Å². The molecule has 1 aromatic rings. The molecule has 0 radical (unpaired) electrons. The maximum atomic E-state index is 11.9. The van der Waals surface area contributed by atoms with E-state index in [-0.39, 0.29) is 23.9 Å². The lowest BCUT2D eigenvalue weighted by molar-refractivity contribution is -0.125. The highest BCUT2D eigenvalue weighted by Crippen LogP contribution is 2.14. The fourth-order valence-electron chi connectivity index (χ4n) is 1.61. The number of carbonyl (C=O) groups excluding carboxylic acids is 1. The number of carbonyl (C=O) groups is 1. The fourth-order valence-corrected chi connectivity index (χ4v) is 1.61. The molecule has 1 amide bonds. The molecule has 2 unspecified atom stereocenters. The van der Waals surface area contributed by atoms with Crippen LogP contribution in [0.3, 0.4) is 0 Å². The van der Waals surface area contributed by atoms with Crippen molar-refractivity contribution in [3.8, 4) is 0 Å². The Morgan fingerprint density at radius 3 is 2.47 bits per heavy atom. The van der Waals surface area contributed by atoms with Crippen LogP contribution in [0, 0.1) is 12.8 Å². The molecule has 3 N–H and O–H groups in total. The summed E-state index contributed by atoms with van der Waals surface area (Å²) in [4.78, 5) is 11.9. The van der Waals surface area contributed by atoms with Crippen LogP contribution in [0.2, 0.25) is 0 Å². The first-order valence-electron chi connectivity index (χ1n) is 6.04. The molecule has 0 fully saturated rings. The number of hydrogen-bond acceptors (Lipinski definition) is 2. The Labute approximate surface area is 103 Å². The van der Waals surface area contributed by atoms with Crippen molar-refractivity contribution in [2.75, 3.05) is 0 Å². The molecule has 0 aliphatic rings. The van der Waals surface area contributed by atoms with Gasteiger partial charge in [-0.25, -0.2) is 0 Å². The number of aryl methyl sites for hydroxylation is 1. The van der Waals surface area contributed by atoms with Crippen molar-refractivity contribution >= 4 is 5.91 Å². The van der Waals surface area contributed by atoms with Gasteiger partial charge < -0.3 is 11.1 Å². The summed E-state index contributed by atoms with van der Waals surface area (Å²) in [6, 6.07) is 8.05. The first kappa shape index (κ1) is 13.7. The molecule has 1 aromatic carbocycles. The Balaban J connectivity index is 2.66. The average molecular weight is 234 g/mol. The second kappa shape index (κ2) is 5.82. The van der Waals surface area contributed by atoms with Crippen LogP contribution in [0.25, 0.3) is 0 Å². The molecular formula is C14H22N2O. The minimum atomic E-state index is -0.165. The lowest BCUT2D eigenvalue weighted by Gasteiger charge is -2.20. The van der Waals surface area contributed by atoms with Crippen LogP contribution < -0.4 is 11.1 Å². The molecule has 3 heteroatoms. The molecule has 0 aromatic heterocycles. The van der Waals surface area contributed by atoms with Gasteiger partial charge in [-0.2, -0.15) is 0 Å². The summed E-state index contributed by atoms with van der Waals surface area (Å²) in [6.07, 6.45) is 0. The van der Waals surface area contributed by atoms with Gasteiger partial charge in [-0.1, -0.05) is 36.8 Å². The van der Waals surface area contributed by atoms with Crippen LogP contribution >= 0.6 is 0 Å². The third-order valence-corrected chi connectivity index (χ3v) is 3.10. The summed E-state index contributed by atoms with van der Waals surface area (Å²) in [5.74, 6) is -0.156. The zero-order valence-electron chi connectivity index (χ0n) is 11.0. The predicted octanol–water partition coefficient (Wildman–Crippen LogP) is 2.16. The van der Waals surface area contributed by atoms with Gasteiger partial charge in [-0.05, 0) is 26.3 Å². The van der Waals surface area contributed by atoms with E-state index in [1.54, 1.807) is 0 Å². The van der Waals surface area contributed by atoms with E-state index in [2.05, 4.69) is 11.4 Å². The maximum Gasteiger partial charge on any atom is 0.224 e. The van der Waals surface area contributed by atoms with E-state index in [1.807, 2.05) is 45.9 Å². The van der Waals surface area contributed by atoms with Gasteiger partial charge in [0.15, 0.2) is 0 Å². The number of amides is 1. The van der Waals surface area contributed by atoms with Crippen molar-refractivity contribution < 1.29 is 4.79 Å². The quantitative estimate of drug-likeness (QED) is 0.838. The predicted molar refractivity (Wildman–Crippen MR) is 70.6 cm³/mol. The summed E-state index contributed by atoms with van der Waals surface area (Å²) in [5, 5.41) is 2.99. The minimum absolute atomic E-state index is 0.00834. The van der Waals surface area contributed by atoms with E-state index in [4.69, 9.17) is 5.73 Å². The molecular weight excluding hydrogens is 212 g/mol. The molecule has 94 valence electrons. The zero-order chi connectivity index (χ0) is 13.0. The van der Waals surface area contributed by atoms with Gasteiger partial charge in [0.1, 0.15) is 0 Å². The fraction of sp³-hybridized carbons (Fsp3) is 0.500. The largest absolute Gasteiger partial charge is 0.349 e. The van der Waals surface area contributed by atoms with Crippen molar-refractivity contribution in [2.24, 2.45) is 11.7 Å². The standard InChI is InChI=1S/C14H22N2O/c1-9-6-5-7-13(8-9)12(4)16-14(17)10(2)11(3)15/h5-8,10-12H,15H2,1-4H3,(H,16,17)/t10?,11?,12-/m1/s1. The Bertz CT molecular complexity index is 388. The zero-order valence-corrected chi connectivity index (χ0v) is 11.0. The second-order valence-electron chi connectivity index (χ2n) is 4.79. The molecule has 0 saturated carbocycles. The summed E-state index contributed by atoms with van der Waals surface area (Å²) in [7, 11) is 0. The Hall–Kier alpha value is -1.35. The van der Waals surface area contributed by atoms with Gasteiger partial charge in [-0.3, -0.25) is 4.79 Å². The van der Waals surface area contributed by atoms with E-state index in [9.17, 15) is 4.79 Å². The first-order chi connectivity index (χ1) is 7.91. The average Bonchev–Trinajstić information content (AvgIpc) is 2.27. The normalized spacial score (nSPS) is 16.1. The second-order valence-corrected chi connectivity index (χ2v) is 4.79. The van der Waals surface area contributed by atoms with E-state index in [1.165, 1.54) is 5.56 Å². The van der Waals surface area contributed by atoms with E-state index in [0.29, 0.717) is 0 Å². The van der Waals surface area contributed by atoms with Crippen molar-refractivity contribution in [3.05, 3.63) is 35.4 Å².